The number of carbonyl (C=O) groups excluding carboxylic acids is 4. The minimum absolute atomic E-state index is 0.131. The molecular formula is C15H23NO5S. The van der Waals surface area contributed by atoms with E-state index in [1.165, 1.54) is 0 Å². The monoisotopic (exact) mass is 329 g/mol. The number of rotatable bonds is 8. The van der Waals surface area contributed by atoms with Crippen LogP contribution in [0.2, 0.25) is 0 Å². The molecule has 1 heterocycles. The Kier molecular flexibility index (Phi) is 7.58. The van der Waals surface area contributed by atoms with E-state index in [0.717, 1.165) is 11.8 Å². The fraction of sp³-hybridized carbons (Fsp3) is 0.733. The van der Waals surface area contributed by atoms with Crippen LogP contribution in [0.25, 0.3) is 0 Å². The summed E-state index contributed by atoms with van der Waals surface area (Å²) in [6.07, 6.45) is 0.313. The Labute approximate surface area is 134 Å². The van der Waals surface area contributed by atoms with Gasteiger partial charge >= 0.3 is 5.97 Å². The average molecular weight is 329 g/mol. The lowest BCUT2D eigenvalue weighted by Crippen LogP contribution is -2.34. The van der Waals surface area contributed by atoms with Gasteiger partial charge in [-0.05, 0) is 19.1 Å². The molecule has 0 saturated carbocycles. The van der Waals surface area contributed by atoms with Gasteiger partial charge in [0.25, 0.3) is 0 Å². The van der Waals surface area contributed by atoms with Crippen LogP contribution in [0.4, 0.5) is 0 Å². The lowest BCUT2D eigenvalue weighted by Gasteiger charge is -2.21. The molecule has 1 saturated heterocycles. The van der Waals surface area contributed by atoms with Crippen molar-refractivity contribution in [3.8, 4) is 0 Å². The molecule has 124 valence electrons. The number of ketones is 1. The van der Waals surface area contributed by atoms with Crippen LogP contribution >= 0.6 is 11.8 Å². The SMILES string of the molecule is CCOC(=O)[C@@H](CC(=O)C1CCNC1=O)[C@H](C)C(=O)SCC. The van der Waals surface area contributed by atoms with E-state index in [1.54, 1.807) is 13.8 Å². The second-order valence-electron chi connectivity index (χ2n) is 5.20. The minimum atomic E-state index is -0.826. The number of esters is 1. The predicted octanol–water partition coefficient (Wildman–Crippen LogP) is 1.18. The summed E-state index contributed by atoms with van der Waals surface area (Å²) in [4.78, 5) is 48.0. The van der Waals surface area contributed by atoms with E-state index in [9.17, 15) is 19.2 Å². The number of thioether (sulfide) groups is 1. The summed E-state index contributed by atoms with van der Waals surface area (Å²) < 4.78 is 4.99. The largest absolute Gasteiger partial charge is 0.466 e. The van der Waals surface area contributed by atoms with Crippen molar-refractivity contribution < 1.29 is 23.9 Å². The van der Waals surface area contributed by atoms with Gasteiger partial charge in [0.1, 0.15) is 5.78 Å². The molecule has 1 N–H and O–H groups in total. The van der Waals surface area contributed by atoms with Gasteiger partial charge in [0.15, 0.2) is 5.12 Å². The third kappa shape index (κ3) is 4.83. The first-order valence-corrected chi connectivity index (χ1v) is 8.54. The first-order chi connectivity index (χ1) is 10.4. The molecule has 22 heavy (non-hydrogen) atoms. The third-order valence-corrected chi connectivity index (χ3v) is 4.65. The van der Waals surface area contributed by atoms with Crippen molar-refractivity contribution >= 4 is 34.5 Å². The Balaban J connectivity index is 2.81. The van der Waals surface area contributed by atoms with E-state index in [2.05, 4.69) is 5.32 Å². The van der Waals surface area contributed by atoms with Crippen molar-refractivity contribution in [2.45, 2.75) is 33.6 Å². The Morgan fingerprint density at radius 3 is 2.55 bits per heavy atom. The normalized spacial score (nSPS) is 20.1. The highest BCUT2D eigenvalue weighted by Crippen LogP contribution is 2.26. The fourth-order valence-electron chi connectivity index (χ4n) is 2.41. The lowest BCUT2D eigenvalue weighted by atomic mass is 9.86. The molecule has 0 aliphatic carbocycles. The first-order valence-electron chi connectivity index (χ1n) is 7.56. The molecule has 6 nitrogen and oxygen atoms in total. The van der Waals surface area contributed by atoms with Gasteiger partial charge in [0.2, 0.25) is 5.91 Å². The van der Waals surface area contributed by atoms with Crippen molar-refractivity contribution in [3.05, 3.63) is 0 Å². The molecule has 1 aliphatic heterocycles. The molecule has 0 spiro atoms. The van der Waals surface area contributed by atoms with Crippen molar-refractivity contribution in [2.24, 2.45) is 17.8 Å². The van der Waals surface area contributed by atoms with E-state index in [1.807, 2.05) is 6.92 Å². The molecule has 7 heteroatoms. The van der Waals surface area contributed by atoms with Crippen LogP contribution in [0.15, 0.2) is 0 Å². The highest BCUT2D eigenvalue weighted by atomic mass is 32.2. The fourth-order valence-corrected chi connectivity index (χ4v) is 3.12. The van der Waals surface area contributed by atoms with Gasteiger partial charge < -0.3 is 10.1 Å². The van der Waals surface area contributed by atoms with Crippen molar-refractivity contribution in [3.63, 3.8) is 0 Å². The number of ether oxygens (including phenoxy) is 1. The van der Waals surface area contributed by atoms with Gasteiger partial charge in [-0.3, -0.25) is 19.2 Å². The summed E-state index contributed by atoms with van der Waals surface area (Å²) >= 11 is 1.13. The third-order valence-electron chi connectivity index (χ3n) is 3.71. The summed E-state index contributed by atoms with van der Waals surface area (Å²) in [7, 11) is 0. The van der Waals surface area contributed by atoms with E-state index in [4.69, 9.17) is 4.74 Å². The first kappa shape index (κ1) is 18.7. The molecule has 1 unspecified atom stereocenters. The average Bonchev–Trinajstić information content (AvgIpc) is 2.90. The van der Waals surface area contributed by atoms with Gasteiger partial charge in [-0.1, -0.05) is 25.6 Å². The quantitative estimate of drug-likeness (QED) is 0.531. The molecule has 0 bridgehead atoms. The molecule has 0 aromatic heterocycles. The minimum Gasteiger partial charge on any atom is -0.466 e. The second-order valence-corrected chi connectivity index (χ2v) is 6.47. The van der Waals surface area contributed by atoms with Crippen LogP contribution in [0.1, 0.15) is 33.6 Å². The van der Waals surface area contributed by atoms with E-state index < -0.39 is 23.7 Å². The zero-order chi connectivity index (χ0) is 16.7. The Hall–Kier alpha value is -1.37. The van der Waals surface area contributed by atoms with Crippen LogP contribution in [-0.2, 0) is 23.9 Å². The van der Waals surface area contributed by atoms with Gasteiger partial charge in [-0.2, -0.15) is 0 Å². The van der Waals surface area contributed by atoms with Crippen molar-refractivity contribution in [1.82, 2.24) is 5.32 Å². The maximum atomic E-state index is 12.3. The summed E-state index contributed by atoms with van der Waals surface area (Å²) in [5, 5.41) is 2.47. The molecular weight excluding hydrogens is 306 g/mol. The van der Waals surface area contributed by atoms with Crippen LogP contribution in [0.5, 0.6) is 0 Å². The highest BCUT2D eigenvalue weighted by molar-refractivity contribution is 8.13. The standard InChI is InChI=1S/C15H23NO5S/c1-4-21-14(19)11(9(3)15(20)22-5-2)8-12(17)10-6-7-16-13(10)18/h9-11H,4-8H2,1-3H3,(H,16,18)/t9-,10?,11-/m0/s1. The molecule has 0 aromatic carbocycles. The van der Waals surface area contributed by atoms with Crippen LogP contribution in [0, 0.1) is 17.8 Å². The Morgan fingerprint density at radius 2 is 2.05 bits per heavy atom. The molecule has 1 fully saturated rings. The van der Waals surface area contributed by atoms with Crippen molar-refractivity contribution in [2.75, 3.05) is 18.9 Å². The lowest BCUT2D eigenvalue weighted by molar-refractivity contribution is -0.153. The van der Waals surface area contributed by atoms with Gasteiger partial charge in [-0.15, -0.1) is 0 Å². The summed E-state index contributed by atoms with van der Waals surface area (Å²) in [6.45, 7) is 5.82. The molecule has 1 rings (SSSR count). The molecule has 0 radical (unpaired) electrons. The highest BCUT2D eigenvalue weighted by Gasteiger charge is 2.38. The number of amides is 1. The maximum Gasteiger partial charge on any atom is 0.310 e. The van der Waals surface area contributed by atoms with E-state index in [0.29, 0.717) is 18.7 Å². The molecule has 1 amide bonds. The van der Waals surface area contributed by atoms with Gasteiger partial charge in [0, 0.05) is 18.9 Å². The molecule has 3 atom stereocenters. The molecule has 0 aromatic rings. The van der Waals surface area contributed by atoms with E-state index in [-0.39, 0.29) is 29.8 Å². The number of hydrogen-bond donors (Lipinski definition) is 1. The summed E-state index contributed by atoms with van der Waals surface area (Å²) in [5.74, 6) is -2.68. The van der Waals surface area contributed by atoms with E-state index >= 15 is 0 Å². The summed E-state index contributed by atoms with van der Waals surface area (Å²) in [5.41, 5.74) is 0. The summed E-state index contributed by atoms with van der Waals surface area (Å²) in [6, 6.07) is 0. The number of Topliss-reactive ketones (excluding diaryl/α,β-unsaturated/α-hetero) is 1. The topological polar surface area (TPSA) is 89.5 Å². The maximum absolute atomic E-state index is 12.3. The van der Waals surface area contributed by atoms with Crippen molar-refractivity contribution in [1.29, 1.82) is 0 Å². The number of hydrogen-bond acceptors (Lipinski definition) is 6. The smallest absolute Gasteiger partial charge is 0.310 e. The molecule has 1 aliphatic rings. The predicted molar refractivity (Wildman–Crippen MR) is 83.2 cm³/mol. The van der Waals surface area contributed by atoms with Crippen LogP contribution in [-0.4, -0.2) is 41.7 Å². The zero-order valence-corrected chi connectivity index (χ0v) is 14.0. The van der Waals surface area contributed by atoms with Gasteiger partial charge in [-0.25, -0.2) is 0 Å². The number of carbonyl (C=O) groups is 4. The van der Waals surface area contributed by atoms with Gasteiger partial charge in [0.05, 0.1) is 18.4 Å². The zero-order valence-electron chi connectivity index (χ0n) is 13.2. The Morgan fingerprint density at radius 1 is 1.36 bits per heavy atom. The Bertz CT molecular complexity index is 451. The van der Waals surface area contributed by atoms with Crippen LogP contribution in [0.3, 0.4) is 0 Å². The van der Waals surface area contributed by atoms with Crippen LogP contribution < -0.4 is 5.32 Å². The number of nitrogens with one attached hydrogen (secondary N) is 1. The second kappa shape index (κ2) is 8.92.